The van der Waals surface area contributed by atoms with Crippen molar-refractivity contribution in [1.82, 2.24) is 15.0 Å². The Morgan fingerprint density at radius 1 is 1.10 bits per heavy atom. The van der Waals surface area contributed by atoms with Gasteiger partial charge in [-0.15, -0.1) is 4.98 Å². The highest BCUT2D eigenvalue weighted by Gasteiger charge is 2.22. The van der Waals surface area contributed by atoms with E-state index in [0.717, 1.165) is 39.0 Å². The lowest BCUT2D eigenvalue weighted by atomic mass is 10.1. The summed E-state index contributed by atoms with van der Waals surface area (Å²) in [5.41, 5.74) is 5.46. The average molecular weight is 297 g/mol. The number of ether oxygens (including phenoxy) is 3. The molecule has 0 unspecified atom stereocenters. The Morgan fingerprint density at radius 2 is 1.71 bits per heavy atom. The Balaban J connectivity index is 1.92. The van der Waals surface area contributed by atoms with E-state index >= 15 is 0 Å². The Kier molecular flexibility index (Phi) is 5.94. The summed E-state index contributed by atoms with van der Waals surface area (Å²) in [7, 11) is 3.05. The van der Waals surface area contributed by atoms with Crippen molar-refractivity contribution in [2.75, 3.05) is 45.4 Å². The maximum absolute atomic E-state index is 5.79. The number of piperidine rings is 1. The molecule has 0 amide bonds. The first-order chi connectivity index (χ1) is 10.3. The number of hydrogen-bond donors (Lipinski definition) is 1. The van der Waals surface area contributed by atoms with Crippen LogP contribution in [0.5, 0.6) is 12.0 Å². The van der Waals surface area contributed by atoms with Gasteiger partial charge in [-0.1, -0.05) is 0 Å². The van der Waals surface area contributed by atoms with Gasteiger partial charge < -0.3 is 24.8 Å². The maximum Gasteiger partial charge on any atom is 0.324 e. The molecule has 1 fully saturated rings. The third-order valence-electron chi connectivity index (χ3n) is 3.37. The fourth-order valence-electron chi connectivity index (χ4n) is 2.21. The van der Waals surface area contributed by atoms with Crippen LogP contribution in [0.25, 0.3) is 0 Å². The normalized spacial score (nSPS) is 16.0. The van der Waals surface area contributed by atoms with Gasteiger partial charge in [0.25, 0.3) is 0 Å². The average Bonchev–Trinajstić information content (AvgIpc) is 2.55. The van der Waals surface area contributed by atoms with E-state index < -0.39 is 0 Å². The Hall–Kier alpha value is -1.67. The summed E-state index contributed by atoms with van der Waals surface area (Å²) in [4.78, 5) is 14.6. The quantitative estimate of drug-likeness (QED) is 0.714. The molecule has 0 atom stereocenters. The summed E-state index contributed by atoms with van der Waals surface area (Å²) in [5, 5.41) is 0. The minimum Gasteiger partial charge on any atom is -0.467 e. The second-order valence-electron chi connectivity index (χ2n) is 4.81. The zero-order valence-corrected chi connectivity index (χ0v) is 12.6. The van der Waals surface area contributed by atoms with Gasteiger partial charge in [-0.25, -0.2) is 0 Å². The van der Waals surface area contributed by atoms with Gasteiger partial charge in [0.15, 0.2) is 0 Å². The van der Waals surface area contributed by atoms with Crippen LogP contribution in [0.4, 0.5) is 5.95 Å². The minimum atomic E-state index is 0.262. The Labute approximate surface area is 124 Å². The van der Waals surface area contributed by atoms with E-state index in [0.29, 0.717) is 18.6 Å². The molecule has 118 valence electrons. The van der Waals surface area contributed by atoms with Gasteiger partial charge in [0.05, 0.1) is 20.3 Å². The molecule has 1 aromatic heterocycles. The third kappa shape index (κ3) is 4.40. The van der Waals surface area contributed by atoms with Gasteiger partial charge in [0.2, 0.25) is 5.95 Å². The first-order valence-electron chi connectivity index (χ1n) is 7.17. The lowest BCUT2D eigenvalue weighted by molar-refractivity contribution is 0.0364. The fourth-order valence-corrected chi connectivity index (χ4v) is 2.21. The highest BCUT2D eigenvalue weighted by molar-refractivity contribution is 5.32. The zero-order chi connectivity index (χ0) is 15.1. The van der Waals surface area contributed by atoms with E-state index in [9.17, 15) is 0 Å². The summed E-state index contributed by atoms with van der Waals surface area (Å²) < 4.78 is 15.9. The molecule has 0 bridgehead atoms. The molecule has 0 aromatic carbocycles. The SMILES string of the molecule is COc1nc(OC)nc(N2CCC(OCCCN)CC2)n1. The second kappa shape index (κ2) is 7.94. The Morgan fingerprint density at radius 3 is 2.24 bits per heavy atom. The van der Waals surface area contributed by atoms with Crippen LogP contribution in [0.2, 0.25) is 0 Å². The van der Waals surface area contributed by atoms with Gasteiger partial charge in [-0.3, -0.25) is 0 Å². The van der Waals surface area contributed by atoms with Crippen molar-refractivity contribution in [3.8, 4) is 12.0 Å². The number of nitrogens with two attached hydrogens (primary N) is 1. The highest BCUT2D eigenvalue weighted by Crippen LogP contribution is 2.21. The van der Waals surface area contributed by atoms with Crippen LogP contribution in [-0.4, -0.2) is 61.5 Å². The van der Waals surface area contributed by atoms with Gasteiger partial charge in [0.1, 0.15) is 0 Å². The molecular formula is C13H23N5O3. The molecule has 8 heteroatoms. The van der Waals surface area contributed by atoms with Crippen molar-refractivity contribution in [2.24, 2.45) is 5.73 Å². The first kappa shape index (κ1) is 15.7. The van der Waals surface area contributed by atoms with Crippen LogP contribution in [-0.2, 0) is 4.74 Å². The summed E-state index contributed by atoms with van der Waals surface area (Å²) in [6.45, 7) is 3.07. The lowest BCUT2D eigenvalue weighted by Crippen LogP contribution is -2.38. The van der Waals surface area contributed by atoms with E-state index in [-0.39, 0.29) is 12.0 Å². The predicted octanol–water partition coefficient (Wildman–Crippen LogP) is 0.223. The molecule has 1 saturated heterocycles. The van der Waals surface area contributed by atoms with E-state index in [1.807, 2.05) is 0 Å². The second-order valence-corrected chi connectivity index (χ2v) is 4.81. The van der Waals surface area contributed by atoms with Crippen molar-refractivity contribution in [2.45, 2.75) is 25.4 Å². The standard InChI is InChI=1S/C13H23N5O3/c1-19-12-15-11(16-13(17-12)20-2)18-7-4-10(5-8-18)21-9-3-6-14/h10H,3-9,14H2,1-2H3. The van der Waals surface area contributed by atoms with Crippen molar-refractivity contribution in [3.05, 3.63) is 0 Å². The molecule has 2 heterocycles. The van der Waals surface area contributed by atoms with Gasteiger partial charge in [-0.05, 0) is 25.8 Å². The molecule has 2 N–H and O–H groups in total. The third-order valence-corrected chi connectivity index (χ3v) is 3.37. The smallest absolute Gasteiger partial charge is 0.324 e. The largest absolute Gasteiger partial charge is 0.467 e. The molecule has 1 aromatic rings. The predicted molar refractivity (Wildman–Crippen MR) is 77.8 cm³/mol. The molecular weight excluding hydrogens is 274 g/mol. The molecule has 21 heavy (non-hydrogen) atoms. The minimum absolute atomic E-state index is 0.262. The molecule has 2 rings (SSSR count). The monoisotopic (exact) mass is 297 g/mol. The summed E-state index contributed by atoms with van der Waals surface area (Å²) in [5.74, 6) is 0.583. The maximum atomic E-state index is 5.79. The molecule has 1 aliphatic rings. The zero-order valence-electron chi connectivity index (χ0n) is 12.6. The fraction of sp³-hybridized carbons (Fsp3) is 0.769. The Bertz CT molecular complexity index is 416. The van der Waals surface area contributed by atoms with E-state index in [1.54, 1.807) is 0 Å². The van der Waals surface area contributed by atoms with Gasteiger partial charge in [-0.2, -0.15) is 9.97 Å². The lowest BCUT2D eigenvalue weighted by Gasteiger charge is -2.31. The van der Waals surface area contributed by atoms with Crippen LogP contribution in [0.1, 0.15) is 19.3 Å². The van der Waals surface area contributed by atoms with E-state index in [4.69, 9.17) is 19.9 Å². The van der Waals surface area contributed by atoms with Crippen LogP contribution in [0.15, 0.2) is 0 Å². The summed E-state index contributed by atoms with van der Waals surface area (Å²) >= 11 is 0. The van der Waals surface area contributed by atoms with Crippen molar-refractivity contribution in [3.63, 3.8) is 0 Å². The van der Waals surface area contributed by atoms with E-state index in [1.165, 1.54) is 14.2 Å². The van der Waals surface area contributed by atoms with Gasteiger partial charge in [0, 0.05) is 19.7 Å². The number of anilines is 1. The number of aromatic nitrogens is 3. The van der Waals surface area contributed by atoms with Crippen LogP contribution in [0, 0.1) is 0 Å². The number of methoxy groups -OCH3 is 2. The first-order valence-corrected chi connectivity index (χ1v) is 7.17. The summed E-state index contributed by atoms with van der Waals surface area (Å²) in [6.07, 6.45) is 3.09. The molecule has 1 aliphatic heterocycles. The molecule has 0 spiro atoms. The van der Waals surface area contributed by atoms with Crippen LogP contribution >= 0.6 is 0 Å². The molecule has 8 nitrogen and oxygen atoms in total. The molecule has 0 saturated carbocycles. The van der Waals surface area contributed by atoms with E-state index in [2.05, 4.69) is 19.9 Å². The van der Waals surface area contributed by atoms with Crippen molar-refractivity contribution < 1.29 is 14.2 Å². The highest BCUT2D eigenvalue weighted by atomic mass is 16.5. The topological polar surface area (TPSA) is 95.6 Å². The number of rotatable bonds is 7. The van der Waals surface area contributed by atoms with Gasteiger partial charge >= 0.3 is 12.0 Å². The number of hydrogen-bond acceptors (Lipinski definition) is 8. The number of nitrogens with zero attached hydrogens (tertiary/aromatic N) is 4. The molecule has 0 radical (unpaired) electrons. The van der Waals surface area contributed by atoms with Crippen molar-refractivity contribution in [1.29, 1.82) is 0 Å². The molecule has 0 aliphatic carbocycles. The van der Waals surface area contributed by atoms with Crippen LogP contribution in [0.3, 0.4) is 0 Å². The van der Waals surface area contributed by atoms with Crippen LogP contribution < -0.4 is 20.1 Å². The van der Waals surface area contributed by atoms with Crippen molar-refractivity contribution >= 4 is 5.95 Å². The summed E-state index contributed by atoms with van der Waals surface area (Å²) in [6, 6.07) is 0.524.